The number of nitrogens with one attached hydrogen (secondary N) is 2. The van der Waals surface area contributed by atoms with Crippen molar-refractivity contribution in [1.29, 1.82) is 0 Å². The van der Waals surface area contributed by atoms with Crippen molar-refractivity contribution in [3.05, 3.63) is 53.2 Å². The van der Waals surface area contributed by atoms with Crippen LogP contribution in [0.25, 0.3) is 0 Å². The summed E-state index contributed by atoms with van der Waals surface area (Å²) in [5.41, 5.74) is 3.72. The van der Waals surface area contributed by atoms with E-state index in [4.69, 9.17) is 0 Å². The third-order valence-electron chi connectivity index (χ3n) is 3.35. The molecule has 4 nitrogen and oxygen atoms in total. The molecular formula is C17H21N3O. The van der Waals surface area contributed by atoms with Crippen LogP contribution in [0.1, 0.15) is 34.8 Å². The second-order valence-electron chi connectivity index (χ2n) is 5.11. The maximum absolute atomic E-state index is 12.2. The second-order valence-corrected chi connectivity index (χ2v) is 5.11. The van der Waals surface area contributed by atoms with Crippen LogP contribution in [0.3, 0.4) is 0 Å². The quantitative estimate of drug-likeness (QED) is 0.878. The molecule has 0 bridgehead atoms. The molecule has 2 aromatic rings. The van der Waals surface area contributed by atoms with Crippen molar-refractivity contribution in [3.8, 4) is 0 Å². The van der Waals surface area contributed by atoms with Crippen molar-refractivity contribution in [1.82, 2.24) is 4.98 Å². The van der Waals surface area contributed by atoms with Crippen molar-refractivity contribution in [2.45, 2.75) is 27.2 Å². The van der Waals surface area contributed by atoms with Gasteiger partial charge in [0, 0.05) is 18.4 Å². The first-order chi connectivity index (χ1) is 10.1. The molecule has 0 saturated carbocycles. The molecule has 110 valence electrons. The molecule has 1 aromatic carbocycles. The van der Waals surface area contributed by atoms with Gasteiger partial charge in [0.05, 0.1) is 5.56 Å². The average molecular weight is 283 g/mol. The lowest BCUT2D eigenvalue weighted by atomic mass is 10.1. The number of hydrogen-bond donors (Lipinski definition) is 2. The maximum atomic E-state index is 12.2. The van der Waals surface area contributed by atoms with Crippen LogP contribution < -0.4 is 10.6 Å². The average Bonchev–Trinajstić information content (AvgIpc) is 2.49. The zero-order valence-corrected chi connectivity index (χ0v) is 12.7. The summed E-state index contributed by atoms with van der Waals surface area (Å²) in [6, 6.07) is 9.48. The lowest BCUT2D eigenvalue weighted by Crippen LogP contribution is -2.12. The Kier molecular flexibility index (Phi) is 4.93. The van der Waals surface area contributed by atoms with E-state index in [9.17, 15) is 4.79 Å². The first kappa shape index (κ1) is 15.0. The minimum atomic E-state index is -0.146. The van der Waals surface area contributed by atoms with Gasteiger partial charge in [-0.2, -0.15) is 0 Å². The van der Waals surface area contributed by atoms with E-state index in [2.05, 4.69) is 22.5 Å². The number of carbonyl (C=O) groups excluding carboxylic acids is 1. The molecule has 2 rings (SSSR count). The third kappa shape index (κ3) is 4.05. The van der Waals surface area contributed by atoms with Crippen molar-refractivity contribution < 1.29 is 4.79 Å². The Morgan fingerprint density at radius 2 is 1.95 bits per heavy atom. The van der Waals surface area contributed by atoms with Crippen LogP contribution in [0.2, 0.25) is 0 Å². The smallest absolute Gasteiger partial charge is 0.257 e. The van der Waals surface area contributed by atoms with Gasteiger partial charge in [0.1, 0.15) is 5.82 Å². The normalized spacial score (nSPS) is 10.2. The summed E-state index contributed by atoms with van der Waals surface area (Å²) in [6.07, 6.45) is 2.63. The van der Waals surface area contributed by atoms with E-state index in [-0.39, 0.29) is 5.91 Å². The molecule has 0 saturated heterocycles. The number of carbonyl (C=O) groups is 1. The highest BCUT2D eigenvalue weighted by Crippen LogP contribution is 2.15. The summed E-state index contributed by atoms with van der Waals surface area (Å²) in [6.45, 7) is 7.05. The van der Waals surface area contributed by atoms with E-state index in [0.717, 1.165) is 30.0 Å². The highest BCUT2D eigenvalue weighted by molar-refractivity contribution is 6.04. The molecule has 4 heteroatoms. The Balaban J connectivity index is 2.04. The predicted octanol–water partition coefficient (Wildman–Crippen LogP) is 3.77. The van der Waals surface area contributed by atoms with Gasteiger partial charge in [0.2, 0.25) is 0 Å². The standard InChI is InChI=1S/C17H21N3O/c1-4-9-18-16-8-6-14(11-19-16)17(21)20-15-7-5-12(2)13(3)10-15/h5-8,10-11H,4,9H2,1-3H3,(H,18,19)(H,20,21). The molecule has 1 aromatic heterocycles. The lowest BCUT2D eigenvalue weighted by Gasteiger charge is -2.08. The van der Waals surface area contributed by atoms with Crippen LogP contribution in [0.4, 0.5) is 11.5 Å². The van der Waals surface area contributed by atoms with Crippen LogP contribution in [0.15, 0.2) is 36.5 Å². The fourth-order valence-corrected chi connectivity index (χ4v) is 1.91. The maximum Gasteiger partial charge on any atom is 0.257 e. The zero-order valence-electron chi connectivity index (χ0n) is 12.7. The minimum absolute atomic E-state index is 0.146. The molecule has 0 aliphatic rings. The van der Waals surface area contributed by atoms with Gasteiger partial charge < -0.3 is 10.6 Å². The number of pyridine rings is 1. The van der Waals surface area contributed by atoms with Gasteiger partial charge in [-0.1, -0.05) is 13.0 Å². The molecule has 0 spiro atoms. The largest absolute Gasteiger partial charge is 0.370 e. The van der Waals surface area contributed by atoms with Crippen LogP contribution in [0, 0.1) is 13.8 Å². The molecule has 2 N–H and O–H groups in total. The van der Waals surface area contributed by atoms with E-state index in [1.54, 1.807) is 12.3 Å². The highest BCUT2D eigenvalue weighted by atomic mass is 16.1. The number of amides is 1. The van der Waals surface area contributed by atoms with Crippen LogP contribution >= 0.6 is 0 Å². The second kappa shape index (κ2) is 6.88. The molecule has 0 unspecified atom stereocenters. The molecule has 0 radical (unpaired) electrons. The first-order valence-corrected chi connectivity index (χ1v) is 7.18. The van der Waals surface area contributed by atoms with Crippen molar-refractivity contribution in [2.75, 3.05) is 17.2 Å². The number of rotatable bonds is 5. The van der Waals surface area contributed by atoms with Gasteiger partial charge in [-0.05, 0) is 55.7 Å². The number of aryl methyl sites for hydroxylation is 2. The fourth-order valence-electron chi connectivity index (χ4n) is 1.91. The summed E-state index contributed by atoms with van der Waals surface area (Å²) in [4.78, 5) is 16.4. The van der Waals surface area contributed by atoms with Crippen LogP contribution in [-0.2, 0) is 0 Å². The van der Waals surface area contributed by atoms with E-state index in [0.29, 0.717) is 5.56 Å². The van der Waals surface area contributed by atoms with Crippen molar-refractivity contribution >= 4 is 17.4 Å². The molecule has 0 aliphatic heterocycles. The molecule has 1 amide bonds. The SMILES string of the molecule is CCCNc1ccc(C(=O)Nc2ccc(C)c(C)c2)cn1. The Morgan fingerprint density at radius 3 is 2.57 bits per heavy atom. The summed E-state index contributed by atoms with van der Waals surface area (Å²) >= 11 is 0. The van der Waals surface area contributed by atoms with Gasteiger partial charge >= 0.3 is 0 Å². The number of aromatic nitrogens is 1. The summed E-state index contributed by atoms with van der Waals surface area (Å²) in [5.74, 6) is 0.646. The van der Waals surface area contributed by atoms with Gasteiger partial charge in [-0.25, -0.2) is 4.98 Å². The summed E-state index contributed by atoms with van der Waals surface area (Å²) in [5, 5.41) is 6.07. The zero-order chi connectivity index (χ0) is 15.2. The molecule has 0 fully saturated rings. The van der Waals surface area contributed by atoms with E-state index in [1.165, 1.54) is 5.56 Å². The van der Waals surface area contributed by atoms with Gasteiger partial charge in [0.15, 0.2) is 0 Å². The van der Waals surface area contributed by atoms with E-state index in [1.807, 2.05) is 38.1 Å². The van der Waals surface area contributed by atoms with Gasteiger partial charge in [0.25, 0.3) is 5.91 Å². The minimum Gasteiger partial charge on any atom is -0.370 e. The number of anilines is 2. The van der Waals surface area contributed by atoms with Gasteiger partial charge in [-0.3, -0.25) is 4.79 Å². The molecule has 0 aliphatic carbocycles. The lowest BCUT2D eigenvalue weighted by molar-refractivity contribution is 0.102. The Morgan fingerprint density at radius 1 is 1.14 bits per heavy atom. The fraction of sp³-hybridized carbons (Fsp3) is 0.294. The van der Waals surface area contributed by atoms with Crippen molar-refractivity contribution in [2.24, 2.45) is 0 Å². The number of benzene rings is 1. The van der Waals surface area contributed by atoms with Crippen molar-refractivity contribution in [3.63, 3.8) is 0 Å². The topological polar surface area (TPSA) is 54.0 Å². The third-order valence-corrected chi connectivity index (χ3v) is 3.35. The Labute approximate surface area is 125 Å². The van der Waals surface area contributed by atoms with Crippen LogP contribution in [-0.4, -0.2) is 17.4 Å². The first-order valence-electron chi connectivity index (χ1n) is 7.18. The highest BCUT2D eigenvalue weighted by Gasteiger charge is 2.07. The van der Waals surface area contributed by atoms with Crippen LogP contribution in [0.5, 0.6) is 0 Å². The summed E-state index contributed by atoms with van der Waals surface area (Å²) in [7, 11) is 0. The van der Waals surface area contributed by atoms with E-state index >= 15 is 0 Å². The summed E-state index contributed by atoms with van der Waals surface area (Å²) < 4.78 is 0. The monoisotopic (exact) mass is 283 g/mol. The molecular weight excluding hydrogens is 262 g/mol. The molecule has 21 heavy (non-hydrogen) atoms. The number of nitrogens with zero attached hydrogens (tertiary/aromatic N) is 1. The Hall–Kier alpha value is -2.36. The molecule has 0 atom stereocenters. The van der Waals surface area contributed by atoms with Gasteiger partial charge in [-0.15, -0.1) is 0 Å². The van der Waals surface area contributed by atoms with E-state index < -0.39 is 0 Å². The molecule has 1 heterocycles. The number of hydrogen-bond acceptors (Lipinski definition) is 3. The predicted molar refractivity (Wildman–Crippen MR) is 86.9 cm³/mol. The Bertz CT molecular complexity index is 620.